The van der Waals surface area contributed by atoms with Gasteiger partial charge in [0.1, 0.15) is 7.85 Å². The highest BCUT2D eigenvalue weighted by Crippen LogP contribution is 2.37. The van der Waals surface area contributed by atoms with Crippen LogP contribution in [0.3, 0.4) is 0 Å². The van der Waals surface area contributed by atoms with E-state index in [0.717, 1.165) is 11.2 Å². The fourth-order valence-corrected chi connectivity index (χ4v) is 5.30. The number of para-hydroxylation sites is 1. The number of hydrogen-bond acceptors (Lipinski definition) is 0. The SMILES string of the molecule is [B]c1ccc2c(c1)c1ccccc1n2-c1ccc2c3ccccc3c3ccccc3c2c1. The van der Waals surface area contributed by atoms with Crippen molar-refractivity contribution in [3.05, 3.63) is 109 Å². The van der Waals surface area contributed by atoms with Crippen LogP contribution in [0.2, 0.25) is 0 Å². The van der Waals surface area contributed by atoms with E-state index in [1.807, 2.05) is 6.07 Å². The summed E-state index contributed by atoms with van der Waals surface area (Å²) in [6, 6.07) is 39.0. The van der Waals surface area contributed by atoms with Gasteiger partial charge < -0.3 is 4.57 Å². The van der Waals surface area contributed by atoms with Gasteiger partial charge in [0.25, 0.3) is 0 Å². The fourth-order valence-electron chi connectivity index (χ4n) is 5.30. The van der Waals surface area contributed by atoms with Gasteiger partial charge in [-0.3, -0.25) is 0 Å². The monoisotopic (exact) mass is 403 g/mol. The lowest BCUT2D eigenvalue weighted by molar-refractivity contribution is 1.19. The summed E-state index contributed by atoms with van der Waals surface area (Å²) < 4.78 is 2.35. The molecule has 1 heterocycles. The molecule has 0 N–H and O–H groups in total. The average molecular weight is 403 g/mol. The number of nitrogens with zero attached hydrogens (tertiary/aromatic N) is 1. The van der Waals surface area contributed by atoms with Crippen molar-refractivity contribution in [2.24, 2.45) is 0 Å². The van der Waals surface area contributed by atoms with E-state index in [-0.39, 0.29) is 0 Å². The molecule has 7 aromatic rings. The van der Waals surface area contributed by atoms with Crippen LogP contribution < -0.4 is 5.46 Å². The van der Waals surface area contributed by atoms with Gasteiger partial charge in [0.05, 0.1) is 11.0 Å². The lowest BCUT2D eigenvalue weighted by Crippen LogP contribution is -2.00. The molecule has 0 aliphatic rings. The summed E-state index contributed by atoms with van der Waals surface area (Å²) in [6.07, 6.45) is 0. The quantitative estimate of drug-likeness (QED) is 0.205. The van der Waals surface area contributed by atoms with Gasteiger partial charge in [0.15, 0.2) is 0 Å². The standard InChI is InChI=1S/C30H18BN/c31-19-13-16-30-28(17-19)26-11-5-6-12-29(26)32(30)20-14-15-25-23-9-2-1-7-21(23)22-8-3-4-10-24(22)27(25)18-20/h1-18H. The molecule has 0 bridgehead atoms. The van der Waals surface area contributed by atoms with E-state index in [2.05, 4.69) is 108 Å². The zero-order valence-electron chi connectivity index (χ0n) is 17.4. The Labute approximate surface area is 186 Å². The van der Waals surface area contributed by atoms with Crippen molar-refractivity contribution in [3.8, 4) is 5.69 Å². The topological polar surface area (TPSA) is 4.93 Å². The second-order valence-corrected chi connectivity index (χ2v) is 8.45. The largest absolute Gasteiger partial charge is 0.309 e. The van der Waals surface area contributed by atoms with Crippen LogP contribution in [0.1, 0.15) is 0 Å². The molecule has 0 amide bonds. The van der Waals surface area contributed by atoms with Crippen LogP contribution in [0.4, 0.5) is 0 Å². The van der Waals surface area contributed by atoms with Crippen molar-refractivity contribution in [2.75, 3.05) is 0 Å². The minimum atomic E-state index is 0.788. The van der Waals surface area contributed by atoms with Crippen LogP contribution in [0.5, 0.6) is 0 Å². The molecule has 0 aliphatic heterocycles. The Morgan fingerprint density at radius 2 is 0.938 bits per heavy atom. The molecule has 2 radical (unpaired) electrons. The fraction of sp³-hybridized carbons (Fsp3) is 0. The van der Waals surface area contributed by atoms with Gasteiger partial charge in [-0.05, 0) is 56.6 Å². The van der Waals surface area contributed by atoms with Crippen LogP contribution in [-0.4, -0.2) is 12.4 Å². The smallest absolute Gasteiger partial charge is 0.113 e. The Morgan fingerprint density at radius 3 is 1.62 bits per heavy atom. The minimum Gasteiger partial charge on any atom is -0.309 e. The van der Waals surface area contributed by atoms with Crippen LogP contribution in [-0.2, 0) is 0 Å². The van der Waals surface area contributed by atoms with Gasteiger partial charge in [0, 0.05) is 16.5 Å². The summed E-state index contributed by atoms with van der Waals surface area (Å²) in [6.45, 7) is 0. The lowest BCUT2D eigenvalue weighted by Gasteiger charge is -2.13. The van der Waals surface area contributed by atoms with E-state index in [9.17, 15) is 0 Å². The number of benzene rings is 6. The second-order valence-electron chi connectivity index (χ2n) is 8.45. The van der Waals surface area contributed by atoms with Crippen LogP contribution in [0.25, 0.3) is 59.8 Å². The van der Waals surface area contributed by atoms with Crippen LogP contribution in [0.15, 0.2) is 109 Å². The van der Waals surface area contributed by atoms with Crippen molar-refractivity contribution >= 4 is 67.4 Å². The lowest BCUT2D eigenvalue weighted by atomic mass is 9.94. The van der Waals surface area contributed by atoms with E-state index in [0.29, 0.717) is 0 Å². The first kappa shape index (κ1) is 17.6. The highest BCUT2D eigenvalue weighted by Gasteiger charge is 2.14. The van der Waals surface area contributed by atoms with Crippen molar-refractivity contribution in [2.45, 2.75) is 0 Å². The first-order chi connectivity index (χ1) is 15.8. The van der Waals surface area contributed by atoms with Crippen molar-refractivity contribution < 1.29 is 0 Å². The third-order valence-electron chi connectivity index (χ3n) is 6.68. The number of rotatable bonds is 1. The Morgan fingerprint density at radius 1 is 0.406 bits per heavy atom. The average Bonchev–Trinajstić information content (AvgIpc) is 3.17. The van der Waals surface area contributed by atoms with Crippen molar-refractivity contribution in [1.82, 2.24) is 4.57 Å². The molecule has 1 nitrogen and oxygen atoms in total. The molecule has 6 aromatic carbocycles. The molecule has 0 aliphatic carbocycles. The van der Waals surface area contributed by atoms with Gasteiger partial charge in [-0.15, -0.1) is 0 Å². The molecule has 0 fully saturated rings. The summed E-state index contributed by atoms with van der Waals surface area (Å²) in [5.74, 6) is 0. The molecular formula is C30H18BN. The Bertz CT molecular complexity index is 1810. The molecule has 2 heteroatoms. The zero-order valence-corrected chi connectivity index (χ0v) is 17.4. The van der Waals surface area contributed by atoms with Gasteiger partial charge in [0.2, 0.25) is 0 Å². The molecule has 1 aromatic heterocycles. The van der Waals surface area contributed by atoms with Gasteiger partial charge in [-0.25, -0.2) is 0 Å². The molecule has 32 heavy (non-hydrogen) atoms. The zero-order chi connectivity index (χ0) is 21.2. The predicted octanol–water partition coefficient (Wildman–Crippen LogP) is 7.04. The number of hydrogen-bond donors (Lipinski definition) is 0. The van der Waals surface area contributed by atoms with Crippen molar-refractivity contribution in [1.29, 1.82) is 0 Å². The molecular weight excluding hydrogens is 385 g/mol. The summed E-state index contributed by atoms with van der Waals surface area (Å²) in [4.78, 5) is 0. The number of fused-ring (bicyclic) bond motifs is 9. The highest BCUT2D eigenvalue weighted by molar-refractivity contribution is 6.34. The normalized spacial score (nSPS) is 11.9. The highest BCUT2D eigenvalue weighted by atomic mass is 15.0. The molecule has 7 rings (SSSR count). The first-order valence-electron chi connectivity index (χ1n) is 10.9. The Hall–Kier alpha value is -4.04. The second kappa shape index (κ2) is 6.48. The molecule has 0 spiro atoms. The summed E-state index contributed by atoms with van der Waals surface area (Å²) >= 11 is 0. The first-order valence-corrected chi connectivity index (χ1v) is 10.9. The predicted molar refractivity (Wildman–Crippen MR) is 139 cm³/mol. The van der Waals surface area contributed by atoms with E-state index in [1.165, 1.54) is 54.1 Å². The van der Waals surface area contributed by atoms with Crippen LogP contribution in [0, 0.1) is 0 Å². The molecule has 0 unspecified atom stereocenters. The molecule has 0 saturated heterocycles. The molecule has 0 atom stereocenters. The third-order valence-corrected chi connectivity index (χ3v) is 6.68. The van der Waals surface area contributed by atoms with Gasteiger partial charge >= 0.3 is 0 Å². The van der Waals surface area contributed by atoms with Crippen LogP contribution >= 0.6 is 0 Å². The van der Waals surface area contributed by atoms with Gasteiger partial charge in [-0.1, -0.05) is 90.4 Å². The number of aromatic nitrogens is 1. The Balaban J connectivity index is 1.65. The Kier molecular flexibility index (Phi) is 3.57. The minimum absolute atomic E-state index is 0.788. The summed E-state index contributed by atoms with van der Waals surface area (Å²) in [7, 11) is 6.14. The third kappa shape index (κ3) is 2.35. The maximum atomic E-state index is 6.14. The molecule has 0 saturated carbocycles. The molecule has 146 valence electrons. The summed E-state index contributed by atoms with van der Waals surface area (Å²) in [5, 5.41) is 10.1. The maximum Gasteiger partial charge on any atom is 0.113 e. The van der Waals surface area contributed by atoms with Gasteiger partial charge in [-0.2, -0.15) is 0 Å². The summed E-state index contributed by atoms with van der Waals surface area (Å²) in [5.41, 5.74) is 4.31. The van der Waals surface area contributed by atoms with Crippen molar-refractivity contribution in [3.63, 3.8) is 0 Å². The van der Waals surface area contributed by atoms with E-state index < -0.39 is 0 Å². The van der Waals surface area contributed by atoms with E-state index in [1.54, 1.807) is 0 Å². The maximum absolute atomic E-state index is 6.14. The van der Waals surface area contributed by atoms with E-state index in [4.69, 9.17) is 7.85 Å². The van der Waals surface area contributed by atoms with E-state index >= 15 is 0 Å².